The van der Waals surface area contributed by atoms with Crippen molar-refractivity contribution in [3.63, 3.8) is 0 Å². The number of carbonyl (C=O) groups is 2. The van der Waals surface area contributed by atoms with Crippen LogP contribution in [-0.4, -0.2) is 35.0 Å². The molecule has 6 nitrogen and oxygen atoms in total. The van der Waals surface area contributed by atoms with Crippen LogP contribution in [0.1, 0.15) is 0 Å². The third-order valence-corrected chi connectivity index (χ3v) is 3.97. The van der Waals surface area contributed by atoms with Crippen molar-refractivity contribution in [2.24, 2.45) is 0 Å². The minimum Gasteiger partial charge on any atom is -0.451 e. The number of anilines is 1. The van der Waals surface area contributed by atoms with Crippen molar-refractivity contribution in [3.05, 3.63) is 64.8 Å². The van der Waals surface area contributed by atoms with Crippen LogP contribution in [0.2, 0.25) is 5.02 Å². The summed E-state index contributed by atoms with van der Waals surface area (Å²) in [5.41, 5.74) is 0.132. The molecule has 0 fully saturated rings. The van der Waals surface area contributed by atoms with Gasteiger partial charge in [0.25, 0.3) is 11.8 Å². The normalized spacial score (nSPS) is 13.8. The van der Waals surface area contributed by atoms with Crippen molar-refractivity contribution in [1.82, 2.24) is 4.90 Å². The van der Waals surface area contributed by atoms with Gasteiger partial charge in [0.05, 0.1) is 18.2 Å². The van der Waals surface area contributed by atoms with Gasteiger partial charge in [0.1, 0.15) is 5.70 Å². The molecule has 0 atom stereocenters. The van der Waals surface area contributed by atoms with E-state index in [2.05, 4.69) is 5.32 Å². The first-order valence-electron chi connectivity index (χ1n) is 7.77. The maximum Gasteiger partial charge on any atom is 0.277 e. The standard InChI is InChI=1S/C18H13ClF2N2O4/c19-11-2-1-3-15(17(11)21)27-14-5-4-10(8-12(14)20)22-13-9-16(25)23(6-7-24)18(13)26/h1-5,8-9,22,24H,6-7H2. The first-order chi connectivity index (χ1) is 12.9. The summed E-state index contributed by atoms with van der Waals surface area (Å²) in [4.78, 5) is 24.6. The molecule has 27 heavy (non-hydrogen) atoms. The Bertz CT molecular complexity index is 949. The number of aliphatic hydroxyl groups excluding tert-OH is 1. The number of carbonyl (C=O) groups excluding carboxylic acids is 2. The number of amides is 2. The number of rotatable bonds is 6. The second kappa shape index (κ2) is 7.73. The van der Waals surface area contributed by atoms with Crippen LogP contribution in [0, 0.1) is 11.6 Å². The van der Waals surface area contributed by atoms with Gasteiger partial charge in [-0.2, -0.15) is 0 Å². The highest BCUT2D eigenvalue weighted by atomic mass is 35.5. The van der Waals surface area contributed by atoms with E-state index < -0.39 is 23.4 Å². The van der Waals surface area contributed by atoms with Crippen molar-refractivity contribution < 1.29 is 28.2 Å². The fraction of sp³-hybridized carbons (Fsp3) is 0.111. The van der Waals surface area contributed by atoms with Gasteiger partial charge < -0.3 is 15.2 Å². The molecule has 1 aliphatic rings. The van der Waals surface area contributed by atoms with Crippen molar-refractivity contribution in [3.8, 4) is 11.5 Å². The molecule has 2 aromatic rings. The maximum absolute atomic E-state index is 14.3. The zero-order valence-electron chi connectivity index (χ0n) is 13.7. The lowest BCUT2D eigenvalue weighted by atomic mass is 10.2. The van der Waals surface area contributed by atoms with Crippen molar-refractivity contribution in [2.45, 2.75) is 0 Å². The Labute approximate surface area is 157 Å². The molecule has 1 aliphatic heterocycles. The molecule has 0 aliphatic carbocycles. The molecule has 0 bridgehead atoms. The van der Waals surface area contributed by atoms with Gasteiger partial charge in [-0.05, 0) is 24.3 Å². The van der Waals surface area contributed by atoms with E-state index in [1.165, 1.54) is 30.3 Å². The molecule has 2 amide bonds. The van der Waals surface area contributed by atoms with E-state index in [0.29, 0.717) is 0 Å². The second-order valence-electron chi connectivity index (χ2n) is 5.50. The van der Waals surface area contributed by atoms with E-state index in [0.717, 1.165) is 17.0 Å². The third kappa shape index (κ3) is 3.91. The van der Waals surface area contributed by atoms with Crippen LogP contribution in [0.25, 0.3) is 0 Å². The van der Waals surface area contributed by atoms with Gasteiger partial charge in [0.15, 0.2) is 23.1 Å². The Morgan fingerprint density at radius 3 is 2.63 bits per heavy atom. The molecule has 0 radical (unpaired) electrons. The zero-order valence-corrected chi connectivity index (χ0v) is 14.5. The van der Waals surface area contributed by atoms with E-state index in [-0.39, 0.29) is 41.1 Å². The molecule has 9 heteroatoms. The first kappa shape index (κ1) is 18.8. The van der Waals surface area contributed by atoms with Crippen molar-refractivity contribution >= 4 is 29.1 Å². The number of halogens is 3. The predicted octanol–water partition coefficient (Wildman–Crippen LogP) is 3.07. The molecule has 140 valence electrons. The van der Waals surface area contributed by atoms with E-state index in [9.17, 15) is 18.4 Å². The molecule has 2 N–H and O–H groups in total. The number of nitrogens with one attached hydrogen (secondary N) is 1. The number of hydrogen-bond acceptors (Lipinski definition) is 5. The van der Waals surface area contributed by atoms with E-state index in [4.69, 9.17) is 21.4 Å². The maximum atomic E-state index is 14.3. The molecule has 0 aromatic heterocycles. The Balaban J connectivity index is 1.76. The predicted molar refractivity (Wildman–Crippen MR) is 93.4 cm³/mol. The van der Waals surface area contributed by atoms with Crippen LogP contribution in [0.5, 0.6) is 11.5 Å². The fourth-order valence-corrected chi connectivity index (χ4v) is 2.57. The number of β-amino-alcohol motifs (C(OH)–C–C–N with tert-alkyl or cyclic N) is 1. The summed E-state index contributed by atoms with van der Waals surface area (Å²) in [5.74, 6) is -3.31. The van der Waals surface area contributed by atoms with Gasteiger partial charge in [-0.3, -0.25) is 14.5 Å². The Kier molecular flexibility index (Phi) is 5.38. The summed E-state index contributed by atoms with van der Waals surface area (Å²) >= 11 is 5.66. The highest BCUT2D eigenvalue weighted by Gasteiger charge is 2.30. The zero-order chi connectivity index (χ0) is 19.6. The van der Waals surface area contributed by atoms with Gasteiger partial charge in [-0.15, -0.1) is 0 Å². The molecule has 3 rings (SSSR count). The number of imide groups is 1. The Morgan fingerprint density at radius 1 is 1.15 bits per heavy atom. The van der Waals surface area contributed by atoms with Crippen LogP contribution in [0.3, 0.4) is 0 Å². The number of benzene rings is 2. The van der Waals surface area contributed by atoms with E-state index >= 15 is 0 Å². The molecule has 0 saturated heterocycles. The van der Waals surface area contributed by atoms with Gasteiger partial charge in [0, 0.05) is 17.8 Å². The first-order valence-corrected chi connectivity index (χ1v) is 8.15. The number of ether oxygens (including phenoxy) is 1. The average molecular weight is 395 g/mol. The van der Waals surface area contributed by atoms with Crippen molar-refractivity contribution in [1.29, 1.82) is 0 Å². The van der Waals surface area contributed by atoms with E-state index in [1.807, 2.05) is 0 Å². The molecule has 0 spiro atoms. The summed E-state index contributed by atoms with van der Waals surface area (Å²) < 4.78 is 33.3. The SMILES string of the molecule is O=C1C=C(Nc2ccc(Oc3cccc(Cl)c3F)c(F)c2)C(=O)N1CCO. The molecule has 1 heterocycles. The van der Waals surface area contributed by atoms with Crippen LogP contribution in [-0.2, 0) is 9.59 Å². The molecular formula is C18H13ClF2N2O4. The summed E-state index contributed by atoms with van der Waals surface area (Å²) in [5, 5.41) is 11.4. The topological polar surface area (TPSA) is 78.9 Å². The third-order valence-electron chi connectivity index (χ3n) is 3.68. The minimum atomic E-state index is -0.816. The summed E-state index contributed by atoms with van der Waals surface area (Å²) in [6.45, 7) is -0.495. The molecule has 2 aromatic carbocycles. The molecule has 0 unspecified atom stereocenters. The van der Waals surface area contributed by atoms with Gasteiger partial charge in [-0.25, -0.2) is 8.78 Å². The molecule has 0 saturated carbocycles. The number of hydrogen-bond donors (Lipinski definition) is 2. The lowest BCUT2D eigenvalue weighted by molar-refractivity contribution is -0.137. The summed E-state index contributed by atoms with van der Waals surface area (Å²) in [6.07, 6.45) is 1.06. The molecular weight excluding hydrogens is 382 g/mol. The van der Waals surface area contributed by atoms with E-state index in [1.54, 1.807) is 0 Å². The van der Waals surface area contributed by atoms with Crippen LogP contribution >= 0.6 is 11.6 Å². The lowest BCUT2D eigenvalue weighted by Crippen LogP contribution is -2.34. The Morgan fingerprint density at radius 2 is 1.93 bits per heavy atom. The summed E-state index contributed by atoms with van der Waals surface area (Å²) in [6, 6.07) is 7.77. The van der Waals surface area contributed by atoms with Crippen LogP contribution < -0.4 is 10.1 Å². The Hall–Kier alpha value is -2.97. The smallest absolute Gasteiger partial charge is 0.277 e. The highest BCUT2D eigenvalue weighted by molar-refractivity contribution is 6.30. The van der Waals surface area contributed by atoms with Crippen molar-refractivity contribution in [2.75, 3.05) is 18.5 Å². The lowest BCUT2D eigenvalue weighted by Gasteiger charge is -2.14. The quantitative estimate of drug-likeness (QED) is 0.736. The highest BCUT2D eigenvalue weighted by Crippen LogP contribution is 2.31. The van der Waals surface area contributed by atoms with Gasteiger partial charge in [-0.1, -0.05) is 17.7 Å². The van der Waals surface area contributed by atoms with Gasteiger partial charge in [0.2, 0.25) is 0 Å². The monoisotopic (exact) mass is 394 g/mol. The fourth-order valence-electron chi connectivity index (χ4n) is 2.41. The largest absolute Gasteiger partial charge is 0.451 e. The second-order valence-corrected chi connectivity index (χ2v) is 5.91. The number of aliphatic hydroxyl groups is 1. The number of nitrogens with zero attached hydrogens (tertiary/aromatic N) is 1. The minimum absolute atomic E-state index is 0.0533. The van der Waals surface area contributed by atoms with Gasteiger partial charge >= 0.3 is 0 Å². The van der Waals surface area contributed by atoms with Crippen LogP contribution in [0.4, 0.5) is 14.5 Å². The summed E-state index contributed by atoms with van der Waals surface area (Å²) in [7, 11) is 0. The van der Waals surface area contributed by atoms with Crippen LogP contribution in [0.15, 0.2) is 48.2 Å². The average Bonchev–Trinajstić information content (AvgIpc) is 2.89.